The Labute approximate surface area is 149 Å². The van der Waals surface area contributed by atoms with E-state index in [4.69, 9.17) is 0 Å². The molecule has 5 nitrogen and oxygen atoms in total. The van der Waals surface area contributed by atoms with Crippen LogP contribution in [0, 0.1) is 0 Å². The molecule has 2 rings (SSSR count). The van der Waals surface area contributed by atoms with Crippen molar-refractivity contribution < 1.29 is 13.2 Å². The molecule has 6 heteroatoms. The summed E-state index contributed by atoms with van der Waals surface area (Å²) in [5, 5.41) is 2.92. The van der Waals surface area contributed by atoms with Crippen molar-refractivity contribution in [3.05, 3.63) is 60.2 Å². The van der Waals surface area contributed by atoms with Crippen molar-refractivity contribution in [2.45, 2.75) is 37.6 Å². The lowest BCUT2D eigenvalue weighted by molar-refractivity contribution is -0.121. The smallest absolute Gasteiger partial charge is 0.264 e. The van der Waals surface area contributed by atoms with Crippen LogP contribution in [0.4, 0.5) is 5.69 Å². The van der Waals surface area contributed by atoms with Crippen LogP contribution in [0.3, 0.4) is 0 Å². The molecular weight excluding hydrogens is 336 g/mol. The molecule has 0 spiro atoms. The predicted molar refractivity (Wildman–Crippen MR) is 100 cm³/mol. The van der Waals surface area contributed by atoms with Gasteiger partial charge in [0.1, 0.15) is 0 Å². The number of sulfonamides is 1. The summed E-state index contributed by atoms with van der Waals surface area (Å²) in [6, 6.07) is 15.4. The highest BCUT2D eigenvalue weighted by Crippen LogP contribution is 2.22. The highest BCUT2D eigenvalue weighted by Gasteiger charge is 2.20. The zero-order chi connectivity index (χ0) is 18.4. The van der Waals surface area contributed by atoms with E-state index in [-0.39, 0.29) is 23.3 Å². The Balaban J connectivity index is 2.10. The summed E-state index contributed by atoms with van der Waals surface area (Å²) >= 11 is 0. The second-order valence-electron chi connectivity index (χ2n) is 6.01. The van der Waals surface area contributed by atoms with Gasteiger partial charge in [-0.15, -0.1) is 0 Å². The van der Waals surface area contributed by atoms with Crippen molar-refractivity contribution in [1.82, 2.24) is 5.32 Å². The molecule has 0 aliphatic carbocycles. The van der Waals surface area contributed by atoms with Gasteiger partial charge in [-0.3, -0.25) is 9.10 Å². The lowest BCUT2D eigenvalue weighted by atomic mass is 10.1. The van der Waals surface area contributed by atoms with Gasteiger partial charge in [-0.05, 0) is 43.2 Å². The van der Waals surface area contributed by atoms with Crippen LogP contribution in [0.15, 0.2) is 59.5 Å². The second kappa shape index (κ2) is 8.16. The number of carbonyl (C=O) groups excluding carboxylic acids is 1. The zero-order valence-electron chi connectivity index (χ0n) is 14.8. The van der Waals surface area contributed by atoms with Crippen LogP contribution < -0.4 is 9.62 Å². The Morgan fingerprint density at radius 1 is 1.08 bits per heavy atom. The fraction of sp³-hybridized carbons (Fsp3) is 0.316. The normalized spacial score (nSPS) is 12.4. The molecule has 1 N–H and O–H groups in total. The van der Waals surface area contributed by atoms with Crippen molar-refractivity contribution in [3.8, 4) is 0 Å². The van der Waals surface area contributed by atoms with Crippen LogP contribution in [-0.4, -0.2) is 27.4 Å². The molecule has 0 bridgehead atoms. The topological polar surface area (TPSA) is 66.5 Å². The van der Waals surface area contributed by atoms with Gasteiger partial charge in [0.2, 0.25) is 5.91 Å². The highest BCUT2D eigenvalue weighted by molar-refractivity contribution is 7.92. The summed E-state index contributed by atoms with van der Waals surface area (Å²) in [6.45, 7) is 3.98. The van der Waals surface area contributed by atoms with E-state index >= 15 is 0 Å². The summed E-state index contributed by atoms with van der Waals surface area (Å²) < 4.78 is 26.5. The fourth-order valence-electron chi connectivity index (χ4n) is 2.33. The monoisotopic (exact) mass is 360 g/mol. The summed E-state index contributed by atoms with van der Waals surface area (Å²) in [5.74, 6) is -0.0349. The fourth-order valence-corrected chi connectivity index (χ4v) is 3.54. The molecule has 0 saturated carbocycles. The minimum atomic E-state index is -3.59. The molecule has 1 atom stereocenters. The average molecular weight is 360 g/mol. The van der Waals surface area contributed by atoms with Crippen LogP contribution in [-0.2, 0) is 21.2 Å². The van der Waals surface area contributed by atoms with E-state index in [1.165, 1.54) is 11.4 Å². The number of hydrogen-bond acceptors (Lipinski definition) is 3. The van der Waals surface area contributed by atoms with E-state index in [1.54, 1.807) is 54.6 Å². The molecule has 1 unspecified atom stereocenters. The number of hydrogen-bond donors (Lipinski definition) is 1. The number of nitrogens with one attached hydrogen (secondary N) is 1. The first kappa shape index (κ1) is 19.0. The third-order valence-corrected chi connectivity index (χ3v) is 5.89. The molecule has 0 fully saturated rings. The Hall–Kier alpha value is -2.34. The van der Waals surface area contributed by atoms with Crippen LogP contribution in [0.5, 0.6) is 0 Å². The standard InChI is InChI=1S/C19H24N2O3S/c1-4-15(2)20-19(22)14-16-10-12-17(13-11-16)21(3)25(23,24)18-8-6-5-7-9-18/h5-13,15H,4,14H2,1-3H3,(H,20,22). The molecule has 0 aromatic heterocycles. The van der Waals surface area contributed by atoms with Crippen LogP contribution >= 0.6 is 0 Å². The molecule has 0 radical (unpaired) electrons. The number of rotatable bonds is 7. The molecule has 2 aromatic rings. The maximum Gasteiger partial charge on any atom is 0.264 e. The first-order valence-electron chi connectivity index (χ1n) is 8.27. The van der Waals surface area contributed by atoms with Gasteiger partial charge in [0.25, 0.3) is 10.0 Å². The highest BCUT2D eigenvalue weighted by atomic mass is 32.2. The summed E-state index contributed by atoms with van der Waals surface area (Å²) in [7, 11) is -2.07. The Kier molecular flexibility index (Phi) is 6.20. The molecule has 1 amide bonds. The summed E-state index contributed by atoms with van der Waals surface area (Å²) in [5.41, 5.74) is 1.39. The molecular formula is C19H24N2O3S. The van der Waals surface area contributed by atoms with E-state index in [0.29, 0.717) is 5.69 Å². The number of nitrogens with zero attached hydrogens (tertiary/aromatic N) is 1. The minimum Gasteiger partial charge on any atom is -0.353 e. The van der Waals surface area contributed by atoms with Crippen molar-refractivity contribution in [2.75, 3.05) is 11.4 Å². The average Bonchev–Trinajstić information content (AvgIpc) is 2.62. The van der Waals surface area contributed by atoms with Crippen LogP contribution in [0.25, 0.3) is 0 Å². The molecule has 0 heterocycles. The molecule has 2 aromatic carbocycles. The van der Waals surface area contributed by atoms with Gasteiger partial charge in [-0.1, -0.05) is 37.3 Å². The molecule has 0 aliphatic rings. The number of carbonyl (C=O) groups is 1. The van der Waals surface area contributed by atoms with E-state index in [9.17, 15) is 13.2 Å². The van der Waals surface area contributed by atoms with E-state index in [2.05, 4.69) is 5.32 Å². The molecule has 25 heavy (non-hydrogen) atoms. The quantitative estimate of drug-likeness (QED) is 0.825. The second-order valence-corrected chi connectivity index (χ2v) is 7.97. The third kappa shape index (κ3) is 4.82. The first-order chi connectivity index (χ1) is 11.8. The van der Waals surface area contributed by atoms with Crippen molar-refractivity contribution in [1.29, 1.82) is 0 Å². The predicted octanol–water partition coefficient (Wildman–Crippen LogP) is 2.97. The van der Waals surface area contributed by atoms with E-state index in [0.717, 1.165) is 12.0 Å². The number of amides is 1. The minimum absolute atomic E-state index is 0.0349. The summed E-state index contributed by atoms with van der Waals surface area (Å²) in [4.78, 5) is 12.2. The number of benzene rings is 2. The molecule has 0 aliphatic heterocycles. The number of anilines is 1. The Morgan fingerprint density at radius 2 is 1.68 bits per heavy atom. The zero-order valence-corrected chi connectivity index (χ0v) is 15.6. The van der Waals surface area contributed by atoms with Crippen LogP contribution in [0.2, 0.25) is 0 Å². The molecule has 0 saturated heterocycles. The van der Waals surface area contributed by atoms with E-state index < -0.39 is 10.0 Å². The van der Waals surface area contributed by atoms with E-state index in [1.807, 2.05) is 13.8 Å². The molecule has 134 valence electrons. The largest absolute Gasteiger partial charge is 0.353 e. The van der Waals surface area contributed by atoms with Crippen LogP contribution in [0.1, 0.15) is 25.8 Å². The Morgan fingerprint density at radius 3 is 2.24 bits per heavy atom. The first-order valence-corrected chi connectivity index (χ1v) is 9.71. The maximum atomic E-state index is 12.6. The summed E-state index contributed by atoms with van der Waals surface area (Å²) in [6.07, 6.45) is 1.16. The van der Waals surface area contributed by atoms with Crippen molar-refractivity contribution >= 4 is 21.6 Å². The van der Waals surface area contributed by atoms with Gasteiger partial charge in [0.05, 0.1) is 17.0 Å². The lowest BCUT2D eigenvalue weighted by Gasteiger charge is -2.20. The Bertz CT molecular complexity index is 802. The van der Waals surface area contributed by atoms with Gasteiger partial charge in [0, 0.05) is 13.1 Å². The van der Waals surface area contributed by atoms with Crippen molar-refractivity contribution in [3.63, 3.8) is 0 Å². The van der Waals surface area contributed by atoms with Gasteiger partial charge in [-0.2, -0.15) is 0 Å². The van der Waals surface area contributed by atoms with Gasteiger partial charge in [-0.25, -0.2) is 8.42 Å². The third-order valence-electron chi connectivity index (χ3n) is 4.09. The lowest BCUT2D eigenvalue weighted by Crippen LogP contribution is -2.33. The van der Waals surface area contributed by atoms with Gasteiger partial charge in [0.15, 0.2) is 0 Å². The van der Waals surface area contributed by atoms with Gasteiger partial charge >= 0.3 is 0 Å². The van der Waals surface area contributed by atoms with Gasteiger partial charge < -0.3 is 5.32 Å². The maximum absolute atomic E-state index is 12.6. The van der Waals surface area contributed by atoms with Crippen molar-refractivity contribution in [2.24, 2.45) is 0 Å². The SMILES string of the molecule is CCC(C)NC(=O)Cc1ccc(N(C)S(=O)(=O)c2ccccc2)cc1.